The van der Waals surface area contributed by atoms with E-state index in [1.807, 2.05) is 6.07 Å². The Morgan fingerprint density at radius 2 is 1.94 bits per heavy atom. The molecule has 1 atom stereocenters. The Kier molecular flexibility index (Phi) is 5.47. The zero-order chi connectivity index (χ0) is 13.0. The van der Waals surface area contributed by atoms with Gasteiger partial charge in [-0.25, -0.2) is 0 Å². The molecule has 17 heavy (non-hydrogen) atoms. The number of benzene rings is 1. The molecule has 0 spiro atoms. The van der Waals surface area contributed by atoms with E-state index in [4.69, 9.17) is 5.73 Å². The van der Waals surface area contributed by atoms with Gasteiger partial charge in [0.2, 0.25) is 0 Å². The van der Waals surface area contributed by atoms with Gasteiger partial charge in [-0.3, -0.25) is 0 Å². The summed E-state index contributed by atoms with van der Waals surface area (Å²) in [7, 11) is 2.15. The van der Waals surface area contributed by atoms with Gasteiger partial charge in [-0.05, 0) is 31.4 Å². The standard InChI is InChI=1S/C14H23BrN2/c1-10(2)8-11(3)17(4)14-7-5-6-13(15)12(14)9-16/h5-7,10-11H,8-9,16H2,1-4H3. The fourth-order valence-electron chi connectivity index (χ4n) is 2.16. The Labute approximate surface area is 113 Å². The number of anilines is 1. The summed E-state index contributed by atoms with van der Waals surface area (Å²) < 4.78 is 1.10. The predicted octanol–water partition coefficient (Wildman–Crippen LogP) is 3.78. The number of nitrogens with zero attached hydrogens (tertiary/aromatic N) is 1. The number of halogens is 1. The van der Waals surface area contributed by atoms with Gasteiger partial charge in [-0.2, -0.15) is 0 Å². The van der Waals surface area contributed by atoms with Crippen LogP contribution in [0, 0.1) is 5.92 Å². The first-order valence-electron chi connectivity index (χ1n) is 6.17. The van der Waals surface area contributed by atoms with Gasteiger partial charge in [0.25, 0.3) is 0 Å². The molecule has 1 aromatic rings. The molecule has 0 aromatic heterocycles. The zero-order valence-electron chi connectivity index (χ0n) is 11.2. The first kappa shape index (κ1) is 14.5. The molecule has 2 N–H and O–H groups in total. The molecular weight excluding hydrogens is 276 g/mol. The molecule has 0 saturated carbocycles. The van der Waals surface area contributed by atoms with E-state index >= 15 is 0 Å². The van der Waals surface area contributed by atoms with Crippen LogP contribution in [-0.2, 0) is 6.54 Å². The highest BCUT2D eigenvalue weighted by molar-refractivity contribution is 9.10. The van der Waals surface area contributed by atoms with Crippen molar-refractivity contribution in [3.63, 3.8) is 0 Å². The second-order valence-corrected chi connectivity index (χ2v) is 5.89. The van der Waals surface area contributed by atoms with Crippen LogP contribution in [0.5, 0.6) is 0 Å². The van der Waals surface area contributed by atoms with E-state index in [0.717, 1.165) is 4.47 Å². The third-order valence-corrected chi connectivity index (χ3v) is 3.89. The van der Waals surface area contributed by atoms with Crippen molar-refractivity contribution < 1.29 is 0 Å². The van der Waals surface area contributed by atoms with E-state index < -0.39 is 0 Å². The van der Waals surface area contributed by atoms with E-state index in [0.29, 0.717) is 18.5 Å². The van der Waals surface area contributed by atoms with Crippen LogP contribution in [0.2, 0.25) is 0 Å². The summed E-state index contributed by atoms with van der Waals surface area (Å²) in [5, 5.41) is 0. The Bertz CT molecular complexity index is 363. The van der Waals surface area contributed by atoms with Gasteiger partial charge < -0.3 is 10.6 Å². The van der Waals surface area contributed by atoms with Crippen molar-refractivity contribution in [1.29, 1.82) is 0 Å². The van der Waals surface area contributed by atoms with Gasteiger partial charge in [0.1, 0.15) is 0 Å². The van der Waals surface area contributed by atoms with Crippen LogP contribution in [0.3, 0.4) is 0 Å². The summed E-state index contributed by atoms with van der Waals surface area (Å²) in [5.74, 6) is 0.709. The average molecular weight is 299 g/mol. The van der Waals surface area contributed by atoms with Crippen LogP contribution >= 0.6 is 15.9 Å². The highest BCUT2D eigenvalue weighted by atomic mass is 79.9. The lowest BCUT2D eigenvalue weighted by atomic mass is 10.0. The highest BCUT2D eigenvalue weighted by Crippen LogP contribution is 2.28. The molecular formula is C14H23BrN2. The third kappa shape index (κ3) is 3.71. The van der Waals surface area contributed by atoms with Crippen molar-refractivity contribution in [3.05, 3.63) is 28.2 Å². The first-order chi connectivity index (χ1) is 7.97. The van der Waals surface area contributed by atoms with E-state index in [1.54, 1.807) is 0 Å². The smallest absolute Gasteiger partial charge is 0.0422 e. The fraction of sp³-hybridized carbons (Fsp3) is 0.571. The van der Waals surface area contributed by atoms with Gasteiger partial charge in [0.15, 0.2) is 0 Å². The minimum absolute atomic E-state index is 0.523. The molecule has 0 fully saturated rings. The van der Waals surface area contributed by atoms with Crippen LogP contribution < -0.4 is 10.6 Å². The van der Waals surface area contributed by atoms with E-state index in [9.17, 15) is 0 Å². The molecule has 1 unspecified atom stereocenters. The van der Waals surface area contributed by atoms with Crippen molar-refractivity contribution >= 4 is 21.6 Å². The lowest BCUT2D eigenvalue weighted by Gasteiger charge is -2.30. The maximum absolute atomic E-state index is 5.83. The second-order valence-electron chi connectivity index (χ2n) is 5.03. The molecule has 0 bridgehead atoms. The van der Waals surface area contributed by atoms with Crippen molar-refractivity contribution in [2.75, 3.05) is 11.9 Å². The largest absolute Gasteiger partial charge is 0.372 e. The lowest BCUT2D eigenvalue weighted by Crippen LogP contribution is -2.31. The summed E-state index contributed by atoms with van der Waals surface area (Å²) in [6, 6.07) is 6.78. The number of hydrogen-bond donors (Lipinski definition) is 1. The molecule has 0 aliphatic heterocycles. The number of nitrogens with two attached hydrogens (primary N) is 1. The van der Waals surface area contributed by atoms with Crippen LogP contribution in [-0.4, -0.2) is 13.1 Å². The summed E-state index contributed by atoms with van der Waals surface area (Å²) in [5.41, 5.74) is 8.25. The van der Waals surface area contributed by atoms with Crippen LogP contribution in [0.1, 0.15) is 32.8 Å². The van der Waals surface area contributed by atoms with Crippen molar-refractivity contribution in [3.8, 4) is 0 Å². The normalized spacial score (nSPS) is 12.9. The summed E-state index contributed by atoms with van der Waals surface area (Å²) >= 11 is 3.57. The monoisotopic (exact) mass is 298 g/mol. The minimum atomic E-state index is 0.523. The minimum Gasteiger partial charge on any atom is -0.372 e. The third-order valence-electron chi connectivity index (χ3n) is 3.15. The average Bonchev–Trinajstić information content (AvgIpc) is 2.26. The molecule has 0 aliphatic carbocycles. The maximum Gasteiger partial charge on any atom is 0.0422 e. The van der Waals surface area contributed by atoms with E-state index in [1.165, 1.54) is 17.7 Å². The Hall–Kier alpha value is -0.540. The molecule has 0 heterocycles. The van der Waals surface area contributed by atoms with Gasteiger partial charge in [-0.15, -0.1) is 0 Å². The zero-order valence-corrected chi connectivity index (χ0v) is 12.8. The van der Waals surface area contributed by atoms with Crippen LogP contribution in [0.15, 0.2) is 22.7 Å². The molecule has 0 radical (unpaired) electrons. The highest BCUT2D eigenvalue weighted by Gasteiger charge is 2.15. The van der Waals surface area contributed by atoms with Gasteiger partial charge in [0, 0.05) is 35.4 Å². The Morgan fingerprint density at radius 3 is 2.47 bits per heavy atom. The lowest BCUT2D eigenvalue weighted by molar-refractivity contribution is 0.503. The van der Waals surface area contributed by atoms with Gasteiger partial charge in [0.05, 0.1) is 0 Å². The predicted molar refractivity (Wildman–Crippen MR) is 79.4 cm³/mol. The topological polar surface area (TPSA) is 29.3 Å². The van der Waals surface area contributed by atoms with Crippen molar-refractivity contribution in [1.82, 2.24) is 0 Å². The SMILES string of the molecule is CC(C)CC(C)N(C)c1cccc(Br)c1CN. The van der Waals surface area contributed by atoms with Crippen molar-refractivity contribution in [2.45, 2.75) is 39.8 Å². The fourth-order valence-corrected chi connectivity index (χ4v) is 2.68. The van der Waals surface area contributed by atoms with E-state index in [2.05, 4.69) is 60.8 Å². The molecule has 1 rings (SSSR count). The number of rotatable bonds is 5. The van der Waals surface area contributed by atoms with Crippen molar-refractivity contribution in [2.24, 2.45) is 11.7 Å². The molecule has 0 amide bonds. The molecule has 1 aromatic carbocycles. The quantitative estimate of drug-likeness (QED) is 0.896. The summed E-state index contributed by atoms with van der Waals surface area (Å²) in [4.78, 5) is 2.33. The maximum atomic E-state index is 5.83. The second kappa shape index (κ2) is 6.41. The van der Waals surface area contributed by atoms with Gasteiger partial charge in [-0.1, -0.05) is 35.8 Å². The Balaban J connectivity index is 2.95. The molecule has 3 heteroatoms. The van der Waals surface area contributed by atoms with Crippen LogP contribution in [0.4, 0.5) is 5.69 Å². The number of hydrogen-bond acceptors (Lipinski definition) is 2. The summed E-state index contributed by atoms with van der Waals surface area (Å²) in [6.45, 7) is 7.35. The van der Waals surface area contributed by atoms with E-state index in [-0.39, 0.29) is 0 Å². The first-order valence-corrected chi connectivity index (χ1v) is 6.97. The molecule has 0 saturated heterocycles. The summed E-state index contributed by atoms with van der Waals surface area (Å²) in [6.07, 6.45) is 1.19. The Morgan fingerprint density at radius 1 is 1.29 bits per heavy atom. The molecule has 96 valence electrons. The van der Waals surface area contributed by atoms with Gasteiger partial charge >= 0.3 is 0 Å². The van der Waals surface area contributed by atoms with Crippen LogP contribution in [0.25, 0.3) is 0 Å². The molecule has 0 aliphatic rings. The molecule has 2 nitrogen and oxygen atoms in total.